The van der Waals surface area contributed by atoms with Crippen LogP contribution in [0.3, 0.4) is 0 Å². The number of carbonyl (C=O) groups excluding carboxylic acids is 1. The Labute approximate surface area is 122 Å². The zero-order chi connectivity index (χ0) is 13.1. The van der Waals surface area contributed by atoms with E-state index in [0.29, 0.717) is 6.54 Å². The average molecular weight is 359 g/mol. The van der Waals surface area contributed by atoms with Crippen LogP contribution in [0.2, 0.25) is 0 Å². The molecule has 0 saturated carbocycles. The van der Waals surface area contributed by atoms with Gasteiger partial charge in [0.15, 0.2) is 5.78 Å². The van der Waals surface area contributed by atoms with Crippen LogP contribution in [0.25, 0.3) is 0 Å². The molecule has 0 aromatic heterocycles. The molecule has 3 nitrogen and oxygen atoms in total. The van der Waals surface area contributed by atoms with Crippen molar-refractivity contribution in [3.05, 3.63) is 33.4 Å². The fourth-order valence-electron chi connectivity index (χ4n) is 2.34. The van der Waals surface area contributed by atoms with Gasteiger partial charge in [-0.05, 0) is 48.6 Å². The predicted octanol–water partition coefficient (Wildman–Crippen LogP) is 2.58. The van der Waals surface area contributed by atoms with Gasteiger partial charge in [0.1, 0.15) is 0 Å². The Morgan fingerprint density at radius 1 is 1.28 bits per heavy atom. The smallest absolute Gasteiger partial charge is 0.176 e. The van der Waals surface area contributed by atoms with E-state index in [2.05, 4.69) is 41.3 Å². The van der Waals surface area contributed by atoms with Crippen LogP contribution < -0.4 is 0 Å². The molecule has 1 aromatic carbocycles. The third-order valence-electron chi connectivity index (χ3n) is 3.03. The molecular weight excluding hydrogens is 341 g/mol. The number of nitrogens with zero attached hydrogens (tertiary/aromatic N) is 1. The number of benzene rings is 1. The van der Waals surface area contributed by atoms with Gasteiger partial charge in [0.05, 0.1) is 18.8 Å². The van der Waals surface area contributed by atoms with Gasteiger partial charge >= 0.3 is 0 Å². The minimum atomic E-state index is 0.188. The van der Waals surface area contributed by atoms with Crippen molar-refractivity contribution in [3.8, 4) is 0 Å². The zero-order valence-corrected chi connectivity index (χ0v) is 12.9. The second-order valence-electron chi connectivity index (χ2n) is 4.88. The fraction of sp³-hybridized carbons (Fsp3) is 0.500. The number of halogens is 1. The van der Waals surface area contributed by atoms with Gasteiger partial charge in [-0.3, -0.25) is 9.69 Å². The molecule has 0 spiro atoms. The first kappa shape index (κ1) is 14.0. The molecule has 2 atom stereocenters. The van der Waals surface area contributed by atoms with E-state index in [9.17, 15) is 4.79 Å². The Morgan fingerprint density at radius 3 is 2.39 bits per heavy atom. The van der Waals surface area contributed by atoms with E-state index in [-0.39, 0.29) is 18.0 Å². The van der Waals surface area contributed by atoms with Gasteiger partial charge in [-0.1, -0.05) is 12.1 Å². The first-order valence-electron chi connectivity index (χ1n) is 6.21. The van der Waals surface area contributed by atoms with Crippen LogP contribution in [0.1, 0.15) is 24.2 Å². The minimum absolute atomic E-state index is 0.188. The van der Waals surface area contributed by atoms with E-state index in [1.807, 2.05) is 24.3 Å². The summed E-state index contributed by atoms with van der Waals surface area (Å²) >= 11 is 2.24. The molecule has 1 aliphatic heterocycles. The number of rotatable bonds is 3. The van der Waals surface area contributed by atoms with E-state index >= 15 is 0 Å². The lowest BCUT2D eigenvalue weighted by Gasteiger charge is -2.34. The van der Waals surface area contributed by atoms with Crippen molar-refractivity contribution in [1.82, 2.24) is 4.90 Å². The Hall–Kier alpha value is -0.460. The summed E-state index contributed by atoms with van der Waals surface area (Å²) in [6.45, 7) is 6.26. The molecule has 1 heterocycles. The van der Waals surface area contributed by atoms with E-state index < -0.39 is 0 Å². The number of morpholine rings is 1. The molecule has 0 amide bonds. The number of hydrogen-bond donors (Lipinski definition) is 0. The number of ketones is 1. The van der Waals surface area contributed by atoms with E-state index in [4.69, 9.17) is 4.74 Å². The van der Waals surface area contributed by atoms with Crippen LogP contribution in [0, 0.1) is 3.57 Å². The first-order valence-corrected chi connectivity index (χ1v) is 7.29. The van der Waals surface area contributed by atoms with Crippen molar-refractivity contribution in [3.63, 3.8) is 0 Å². The fourth-order valence-corrected chi connectivity index (χ4v) is 2.70. The van der Waals surface area contributed by atoms with Gasteiger partial charge in [-0.25, -0.2) is 0 Å². The monoisotopic (exact) mass is 359 g/mol. The molecular formula is C14H18INO2. The van der Waals surface area contributed by atoms with Crippen molar-refractivity contribution in [1.29, 1.82) is 0 Å². The van der Waals surface area contributed by atoms with Gasteiger partial charge < -0.3 is 4.74 Å². The molecule has 4 heteroatoms. The van der Waals surface area contributed by atoms with Crippen LogP contribution in [-0.4, -0.2) is 42.5 Å². The average Bonchev–Trinajstić information content (AvgIpc) is 2.28. The van der Waals surface area contributed by atoms with Crippen LogP contribution in [0.15, 0.2) is 24.3 Å². The number of ether oxygens (including phenoxy) is 1. The van der Waals surface area contributed by atoms with Crippen molar-refractivity contribution < 1.29 is 9.53 Å². The lowest BCUT2D eigenvalue weighted by molar-refractivity contribution is -0.0652. The Kier molecular flexibility index (Phi) is 4.75. The second kappa shape index (κ2) is 6.12. The van der Waals surface area contributed by atoms with E-state index in [1.54, 1.807) is 0 Å². The summed E-state index contributed by atoms with van der Waals surface area (Å²) < 4.78 is 6.82. The number of carbonyl (C=O) groups is 1. The molecule has 1 saturated heterocycles. The zero-order valence-electron chi connectivity index (χ0n) is 10.7. The maximum Gasteiger partial charge on any atom is 0.176 e. The van der Waals surface area contributed by atoms with Crippen LogP contribution in [0.4, 0.5) is 0 Å². The molecule has 18 heavy (non-hydrogen) atoms. The maximum atomic E-state index is 12.2. The van der Waals surface area contributed by atoms with Gasteiger partial charge in [-0.2, -0.15) is 0 Å². The normalized spacial score (nSPS) is 25.1. The molecule has 0 unspecified atom stereocenters. The van der Waals surface area contributed by atoms with Crippen molar-refractivity contribution in [2.75, 3.05) is 19.6 Å². The van der Waals surface area contributed by atoms with Crippen LogP contribution in [0.5, 0.6) is 0 Å². The molecule has 1 fully saturated rings. The number of Topliss-reactive ketones (excluding diaryl/α,β-unsaturated/α-hetero) is 1. The van der Waals surface area contributed by atoms with Crippen molar-refractivity contribution in [2.45, 2.75) is 26.1 Å². The van der Waals surface area contributed by atoms with Gasteiger partial charge in [0.2, 0.25) is 0 Å². The standard InChI is InChI=1S/C14H18INO2/c1-10-7-16(8-11(2)18-10)9-14(17)12-3-5-13(15)6-4-12/h3-6,10-11H,7-9H2,1-2H3/t10-,11+. The minimum Gasteiger partial charge on any atom is -0.373 e. The molecule has 1 aliphatic rings. The molecule has 2 rings (SSSR count). The molecule has 0 aliphatic carbocycles. The number of hydrogen-bond acceptors (Lipinski definition) is 3. The van der Waals surface area contributed by atoms with Gasteiger partial charge in [0.25, 0.3) is 0 Å². The molecule has 98 valence electrons. The van der Waals surface area contributed by atoms with Gasteiger partial charge in [-0.15, -0.1) is 0 Å². The largest absolute Gasteiger partial charge is 0.373 e. The van der Waals surface area contributed by atoms with Crippen molar-refractivity contribution >= 4 is 28.4 Å². The maximum absolute atomic E-state index is 12.2. The summed E-state index contributed by atoms with van der Waals surface area (Å²) in [7, 11) is 0. The third-order valence-corrected chi connectivity index (χ3v) is 3.75. The lowest BCUT2D eigenvalue weighted by Crippen LogP contribution is -2.47. The summed E-state index contributed by atoms with van der Waals surface area (Å²) in [6.07, 6.45) is 0.413. The topological polar surface area (TPSA) is 29.5 Å². The summed E-state index contributed by atoms with van der Waals surface area (Å²) in [5.41, 5.74) is 0.794. The van der Waals surface area contributed by atoms with Crippen molar-refractivity contribution in [2.24, 2.45) is 0 Å². The second-order valence-corrected chi connectivity index (χ2v) is 6.13. The summed E-state index contributed by atoms with van der Waals surface area (Å²) in [6, 6.07) is 7.74. The summed E-state index contributed by atoms with van der Waals surface area (Å²) in [5.74, 6) is 0.188. The highest BCUT2D eigenvalue weighted by Crippen LogP contribution is 2.12. The third kappa shape index (κ3) is 3.76. The first-order chi connectivity index (χ1) is 8.54. The van der Waals surface area contributed by atoms with E-state index in [0.717, 1.165) is 22.2 Å². The summed E-state index contributed by atoms with van der Waals surface area (Å²) in [4.78, 5) is 14.3. The summed E-state index contributed by atoms with van der Waals surface area (Å²) in [5, 5.41) is 0. The highest BCUT2D eigenvalue weighted by molar-refractivity contribution is 14.1. The highest BCUT2D eigenvalue weighted by atomic mass is 127. The van der Waals surface area contributed by atoms with Gasteiger partial charge in [0, 0.05) is 22.2 Å². The Morgan fingerprint density at radius 2 is 1.83 bits per heavy atom. The lowest BCUT2D eigenvalue weighted by atomic mass is 10.1. The molecule has 0 radical (unpaired) electrons. The molecule has 0 bridgehead atoms. The predicted molar refractivity (Wildman–Crippen MR) is 79.9 cm³/mol. The van der Waals surface area contributed by atoms with Crippen LogP contribution >= 0.6 is 22.6 Å². The Balaban J connectivity index is 1.96. The molecule has 1 aromatic rings. The Bertz CT molecular complexity index is 408. The quantitative estimate of drug-likeness (QED) is 0.614. The van der Waals surface area contributed by atoms with Crippen LogP contribution in [-0.2, 0) is 4.74 Å². The SMILES string of the molecule is C[C@@H]1CN(CC(=O)c2ccc(I)cc2)C[C@H](C)O1. The highest BCUT2D eigenvalue weighted by Gasteiger charge is 2.23. The van der Waals surface area contributed by atoms with E-state index in [1.165, 1.54) is 0 Å². The molecule has 0 N–H and O–H groups in total.